The van der Waals surface area contributed by atoms with Gasteiger partial charge in [0.15, 0.2) is 0 Å². The number of carbonyl (C=O) groups is 1. The number of amides is 1. The van der Waals surface area contributed by atoms with E-state index in [0.29, 0.717) is 34.5 Å². The molecule has 26 heavy (non-hydrogen) atoms. The van der Waals surface area contributed by atoms with Crippen LogP contribution >= 0.6 is 11.6 Å². The summed E-state index contributed by atoms with van der Waals surface area (Å²) in [6.45, 7) is 0.337. The Morgan fingerprint density at radius 3 is 2.62 bits per heavy atom. The minimum absolute atomic E-state index is 0.269. The molecule has 0 unspecified atom stereocenters. The van der Waals surface area contributed by atoms with E-state index >= 15 is 0 Å². The van der Waals surface area contributed by atoms with Crippen LogP contribution < -0.4 is 15.4 Å². The zero-order chi connectivity index (χ0) is 18.4. The van der Waals surface area contributed by atoms with Gasteiger partial charge >= 0.3 is 0 Å². The van der Waals surface area contributed by atoms with Crippen molar-refractivity contribution in [1.82, 2.24) is 20.3 Å². The Kier molecular flexibility index (Phi) is 5.60. The van der Waals surface area contributed by atoms with Crippen molar-refractivity contribution >= 4 is 29.1 Å². The van der Waals surface area contributed by atoms with E-state index in [4.69, 9.17) is 16.3 Å². The normalized spacial score (nSPS) is 10.2. The van der Waals surface area contributed by atoms with Gasteiger partial charge in [-0.1, -0.05) is 17.7 Å². The molecule has 1 amide bonds. The molecule has 1 aromatic carbocycles. The van der Waals surface area contributed by atoms with E-state index < -0.39 is 0 Å². The van der Waals surface area contributed by atoms with Crippen LogP contribution in [0.15, 0.2) is 55.0 Å². The Balaban J connectivity index is 1.61. The third-order valence-electron chi connectivity index (χ3n) is 3.48. The summed E-state index contributed by atoms with van der Waals surface area (Å²) in [5.41, 5.74) is 1.85. The number of nitrogens with one attached hydrogen (secondary N) is 2. The first kappa shape index (κ1) is 17.6. The lowest BCUT2D eigenvalue weighted by molar-refractivity contribution is 0.0949. The summed E-state index contributed by atoms with van der Waals surface area (Å²) in [5.74, 6) is 0.667. The maximum atomic E-state index is 12.1. The van der Waals surface area contributed by atoms with Crippen molar-refractivity contribution in [2.45, 2.75) is 6.54 Å². The molecule has 3 aromatic rings. The van der Waals surface area contributed by atoms with Crippen LogP contribution in [0.25, 0.3) is 0 Å². The van der Waals surface area contributed by atoms with E-state index in [-0.39, 0.29) is 5.91 Å². The zero-order valence-electron chi connectivity index (χ0n) is 13.9. The molecule has 0 bridgehead atoms. The van der Waals surface area contributed by atoms with Gasteiger partial charge in [-0.2, -0.15) is 0 Å². The molecule has 132 valence electrons. The minimum Gasteiger partial charge on any atom is -0.495 e. The highest BCUT2D eigenvalue weighted by molar-refractivity contribution is 6.32. The van der Waals surface area contributed by atoms with Crippen molar-refractivity contribution < 1.29 is 9.53 Å². The van der Waals surface area contributed by atoms with Crippen molar-refractivity contribution in [3.05, 3.63) is 71.3 Å². The van der Waals surface area contributed by atoms with E-state index in [0.717, 1.165) is 5.69 Å². The van der Waals surface area contributed by atoms with Crippen LogP contribution in [0, 0.1) is 0 Å². The van der Waals surface area contributed by atoms with Crippen LogP contribution in [0.2, 0.25) is 5.02 Å². The maximum absolute atomic E-state index is 12.1. The SMILES string of the molecule is COc1ccc(Nc2ncc(C(=O)NCc3ccccn3)cn2)cc1Cl. The van der Waals surface area contributed by atoms with Crippen molar-refractivity contribution in [3.8, 4) is 5.75 Å². The van der Waals surface area contributed by atoms with Crippen LogP contribution in [0.1, 0.15) is 16.1 Å². The standard InChI is InChI=1S/C18H16ClN5O2/c1-26-16-6-5-13(8-15(16)19)24-18-22-9-12(10-23-18)17(25)21-11-14-4-2-3-7-20-14/h2-10H,11H2,1H3,(H,21,25)(H,22,23,24). The second-order valence-corrected chi connectivity index (χ2v) is 5.68. The number of hydrogen-bond acceptors (Lipinski definition) is 6. The highest BCUT2D eigenvalue weighted by atomic mass is 35.5. The summed E-state index contributed by atoms with van der Waals surface area (Å²) in [6.07, 6.45) is 4.58. The average molecular weight is 370 g/mol. The van der Waals surface area contributed by atoms with Gasteiger partial charge in [0.2, 0.25) is 5.95 Å². The fourth-order valence-electron chi connectivity index (χ4n) is 2.16. The molecule has 8 heteroatoms. The summed E-state index contributed by atoms with van der Waals surface area (Å²) in [6, 6.07) is 10.8. The smallest absolute Gasteiger partial charge is 0.254 e. The molecule has 0 fully saturated rings. The summed E-state index contributed by atoms with van der Waals surface area (Å²) in [7, 11) is 1.55. The van der Waals surface area contributed by atoms with Crippen LogP contribution in [-0.2, 0) is 6.54 Å². The van der Waals surface area contributed by atoms with Crippen LogP contribution in [-0.4, -0.2) is 28.0 Å². The molecule has 0 radical (unpaired) electrons. The van der Waals surface area contributed by atoms with Crippen molar-refractivity contribution in [2.24, 2.45) is 0 Å². The second-order valence-electron chi connectivity index (χ2n) is 5.27. The predicted molar refractivity (Wildman–Crippen MR) is 98.7 cm³/mol. The lowest BCUT2D eigenvalue weighted by atomic mass is 10.3. The lowest BCUT2D eigenvalue weighted by Gasteiger charge is -2.08. The first-order valence-corrected chi connectivity index (χ1v) is 8.14. The summed E-state index contributed by atoms with van der Waals surface area (Å²) < 4.78 is 5.11. The Bertz CT molecular complexity index is 888. The molecule has 2 heterocycles. The third kappa shape index (κ3) is 4.46. The molecule has 0 saturated heterocycles. The minimum atomic E-state index is -0.269. The molecule has 0 aliphatic rings. The Labute approximate surface area is 155 Å². The van der Waals surface area contributed by atoms with Gasteiger partial charge in [-0.15, -0.1) is 0 Å². The zero-order valence-corrected chi connectivity index (χ0v) is 14.7. The van der Waals surface area contributed by atoms with E-state index in [1.807, 2.05) is 18.2 Å². The average Bonchev–Trinajstić information content (AvgIpc) is 2.68. The van der Waals surface area contributed by atoms with Crippen LogP contribution in [0.4, 0.5) is 11.6 Å². The number of pyridine rings is 1. The quantitative estimate of drug-likeness (QED) is 0.693. The molecule has 0 atom stereocenters. The largest absolute Gasteiger partial charge is 0.495 e. The highest BCUT2D eigenvalue weighted by Crippen LogP contribution is 2.28. The topological polar surface area (TPSA) is 89.0 Å². The fourth-order valence-corrected chi connectivity index (χ4v) is 2.42. The van der Waals surface area contributed by atoms with E-state index in [1.165, 1.54) is 12.4 Å². The molecule has 7 nitrogen and oxygen atoms in total. The number of halogens is 1. The number of methoxy groups -OCH3 is 1. The summed E-state index contributed by atoms with van der Waals surface area (Å²) in [4.78, 5) is 24.6. The monoisotopic (exact) mass is 369 g/mol. The van der Waals surface area contributed by atoms with E-state index in [9.17, 15) is 4.79 Å². The van der Waals surface area contributed by atoms with Crippen LogP contribution in [0.5, 0.6) is 5.75 Å². The second kappa shape index (κ2) is 8.26. The highest BCUT2D eigenvalue weighted by Gasteiger charge is 2.08. The third-order valence-corrected chi connectivity index (χ3v) is 3.77. The number of rotatable bonds is 6. The summed E-state index contributed by atoms with van der Waals surface area (Å²) in [5, 5.41) is 6.26. The predicted octanol–water partition coefficient (Wildman–Crippen LogP) is 3.21. The number of hydrogen-bond donors (Lipinski definition) is 2. The van der Waals surface area contributed by atoms with Crippen molar-refractivity contribution in [3.63, 3.8) is 0 Å². The molecule has 3 rings (SSSR count). The molecule has 2 aromatic heterocycles. The van der Waals surface area contributed by atoms with Gasteiger partial charge < -0.3 is 15.4 Å². The fraction of sp³-hybridized carbons (Fsp3) is 0.111. The first-order chi connectivity index (χ1) is 12.7. The summed E-state index contributed by atoms with van der Waals surface area (Å²) >= 11 is 6.08. The molecule has 2 N–H and O–H groups in total. The van der Waals surface area contributed by atoms with Gasteiger partial charge in [-0.05, 0) is 30.3 Å². The molecule has 0 saturated carbocycles. The number of benzene rings is 1. The van der Waals surface area contributed by atoms with Gasteiger partial charge in [-0.3, -0.25) is 9.78 Å². The van der Waals surface area contributed by atoms with E-state index in [1.54, 1.807) is 31.5 Å². The Morgan fingerprint density at radius 2 is 1.96 bits per heavy atom. The number of anilines is 2. The molecule has 0 aliphatic heterocycles. The van der Waals surface area contributed by atoms with Gasteiger partial charge in [-0.25, -0.2) is 9.97 Å². The lowest BCUT2D eigenvalue weighted by Crippen LogP contribution is -2.23. The van der Waals surface area contributed by atoms with Gasteiger partial charge in [0.1, 0.15) is 5.75 Å². The molecule has 0 aliphatic carbocycles. The molecule has 0 spiro atoms. The number of nitrogens with zero attached hydrogens (tertiary/aromatic N) is 3. The molecular weight excluding hydrogens is 354 g/mol. The van der Waals surface area contributed by atoms with E-state index in [2.05, 4.69) is 25.6 Å². The maximum Gasteiger partial charge on any atom is 0.254 e. The van der Waals surface area contributed by atoms with Crippen molar-refractivity contribution in [2.75, 3.05) is 12.4 Å². The Hall–Kier alpha value is -3.19. The number of aromatic nitrogens is 3. The van der Waals surface area contributed by atoms with Gasteiger partial charge in [0.25, 0.3) is 5.91 Å². The number of carbonyl (C=O) groups excluding carboxylic acids is 1. The van der Waals surface area contributed by atoms with Crippen molar-refractivity contribution in [1.29, 1.82) is 0 Å². The first-order valence-electron chi connectivity index (χ1n) is 7.76. The number of ether oxygens (including phenoxy) is 1. The Morgan fingerprint density at radius 1 is 1.15 bits per heavy atom. The van der Waals surface area contributed by atoms with Gasteiger partial charge in [0, 0.05) is 24.3 Å². The van der Waals surface area contributed by atoms with Gasteiger partial charge in [0.05, 0.1) is 29.9 Å². The molecular formula is C18H16ClN5O2. The van der Waals surface area contributed by atoms with Crippen LogP contribution in [0.3, 0.4) is 0 Å².